The van der Waals surface area contributed by atoms with Crippen LogP contribution in [-0.2, 0) is 6.54 Å². The van der Waals surface area contributed by atoms with Gasteiger partial charge in [0.1, 0.15) is 0 Å². The van der Waals surface area contributed by atoms with Crippen molar-refractivity contribution >= 4 is 0 Å². The van der Waals surface area contributed by atoms with E-state index in [1.54, 1.807) is 0 Å². The molecule has 1 aliphatic carbocycles. The van der Waals surface area contributed by atoms with Gasteiger partial charge in [-0.2, -0.15) is 0 Å². The molecule has 104 valence electrons. The molecule has 1 fully saturated rings. The largest absolute Gasteiger partial charge is 0.387 e. The van der Waals surface area contributed by atoms with Crippen LogP contribution in [0.1, 0.15) is 41.6 Å². The zero-order valence-electron chi connectivity index (χ0n) is 11.6. The van der Waals surface area contributed by atoms with E-state index in [0.29, 0.717) is 6.54 Å². The van der Waals surface area contributed by atoms with Gasteiger partial charge in [0.25, 0.3) is 0 Å². The molecule has 0 saturated heterocycles. The van der Waals surface area contributed by atoms with Crippen LogP contribution in [0.15, 0.2) is 54.6 Å². The van der Waals surface area contributed by atoms with E-state index in [1.807, 2.05) is 30.3 Å². The molecule has 1 atom stereocenters. The predicted octanol–water partition coefficient (Wildman–Crippen LogP) is 3.39. The van der Waals surface area contributed by atoms with Crippen LogP contribution in [-0.4, -0.2) is 11.7 Å². The van der Waals surface area contributed by atoms with E-state index in [4.69, 9.17) is 0 Å². The van der Waals surface area contributed by atoms with E-state index in [-0.39, 0.29) is 0 Å². The average Bonchev–Trinajstić information content (AvgIpc) is 3.33. The molecular weight excluding hydrogens is 246 g/mol. The highest BCUT2D eigenvalue weighted by molar-refractivity contribution is 5.28. The van der Waals surface area contributed by atoms with Gasteiger partial charge < -0.3 is 10.4 Å². The molecule has 2 nitrogen and oxygen atoms in total. The summed E-state index contributed by atoms with van der Waals surface area (Å²) in [5.41, 5.74) is 3.71. The first-order chi connectivity index (χ1) is 9.83. The normalized spacial score (nSPS) is 16.1. The summed E-state index contributed by atoms with van der Waals surface area (Å²) in [7, 11) is 0. The molecule has 2 aromatic carbocycles. The second kappa shape index (κ2) is 6.21. The van der Waals surface area contributed by atoms with E-state index >= 15 is 0 Å². The van der Waals surface area contributed by atoms with E-state index in [1.165, 1.54) is 24.0 Å². The Morgan fingerprint density at radius 1 is 1.00 bits per heavy atom. The van der Waals surface area contributed by atoms with E-state index in [2.05, 4.69) is 29.6 Å². The molecule has 0 bridgehead atoms. The predicted molar refractivity (Wildman–Crippen MR) is 81.5 cm³/mol. The van der Waals surface area contributed by atoms with Gasteiger partial charge in [-0.3, -0.25) is 0 Å². The molecule has 0 amide bonds. The van der Waals surface area contributed by atoms with Crippen molar-refractivity contribution in [2.45, 2.75) is 31.4 Å². The van der Waals surface area contributed by atoms with Crippen molar-refractivity contribution in [3.05, 3.63) is 71.3 Å². The SMILES string of the molecule is OC(CNCc1ccc(C2CC2)cc1)c1ccccc1. The first-order valence-electron chi connectivity index (χ1n) is 7.35. The van der Waals surface area contributed by atoms with E-state index < -0.39 is 6.10 Å². The zero-order chi connectivity index (χ0) is 13.8. The molecule has 3 rings (SSSR count). The fourth-order valence-electron chi connectivity index (χ4n) is 2.47. The van der Waals surface area contributed by atoms with Crippen molar-refractivity contribution in [3.8, 4) is 0 Å². The third-order valence-corrected chi connectivity index (χ3v) is 3.88. The molecular formula is C18H21NO. The molecule has 2 N–H and O–H groups in total. The first kappa shape index (κ1) is 13.3. The van der Waals surface area contributed by atoms with Gasteiger partial charge in [0, 0.05) is 13.1 Å². The standard InChI is InChI=1S/C18H21NO/c20-18(17-4-2-1-3-5-17)13-19-12-14-6-8-15(9-7-14)16-10-11-16/h1-9,16,18-20H,10-13H2. The summed E-state index contributed by atoms with van der Waals surface area (Å²) in [6.07, 6.45) is 2.25. The molecule has 0 radical (unpaired) electrons. The summed E-state index contributed by atoms with van der Waals surface area (Å²) in [6, 6.07) is 18.6. The lowest BCUT2D eigenvalue weighted by atomic mass is 10.1. The lowest BCUT2D eigenvalue weighted by molar-refractivity contribution is 0.174. The zero-order valence-corrected chi connectivity index (χ0v) is 11.6. The lowest BCUT2D eigenvalue weighted by Gasteiger charge is -2.12. The highest BCUT2D eigenvalue weighted by Gasteiger charge is 2.22. The number of benzene rings is 2. The van der Waals surface area contributed by atoms with Crippen LogP contribution in [0.2, 0.25) is 0 Å². The summed E-state index contributed by atoms with van der Waals surface area (Å²) in [4.78, 5) is 0. The molecule has 0 aromatic heterocycles. The Balaban J connectivity index is 1.47. The number of aliphatic hydroxyl groups is 1. The van der Waals surface area contributed by atoms with Gasteiger partial charge in [0.05, 0.1) is 6.10 Å². The molecule has 0 aliphatic heterocycles. The number of rotatable bonds is 6. The third-order valence-electron chi connectivity index (χ3n) is 3.88. The van der Waals surface area contributed by atoms with Gasteiger partial charge in [0.2, 0.25) is 0 Å². The molecule has 0 heterocycles. The number of hydrogen-bond donors (Lipinski definition) is 2. The van der Waals surface area contributed by atoms with Crippen LogP contribution in [0.25, 0.3) is 0 Å². The van der Waals surface area contributed by atoms with Crippen LogP contribution in [0, 0.1) is 0 Å². The van der Waals surface area contributed by atoms with E-state index in [0.717, 1.165) is 18.0 Å². The maximum Gasteiger partial charge on any atom is 0.0914 e. The molecule has 2 heteroatoms. The molecule has 20 heavy (non-hydrogen) atoms. The van der Waals surface area contributed by atoms with Crippen LogP contribution < -0.4 is 5.32 Å². The van der Waals surface area contributed by atoms with Crippen LogP contribution >= 0.6 is 0 Å². The number of hydrogen-bond acceptors (Lipinski definition) is 2. The van der Waals surface area contributed by atoms with E-state index in [9.17, 15) is 5.11 Å². The first-order valence-corrected chi connectivity index (χ1v) is 7.35. The van der Waals surface area contributed by atoms with Gasteiger partial charge in [-0.1, -0.05) is 54.6 Å². The topological polar surface area (TPSA) is 32.3 Å². The summed E-state index contributed by atoms with van der Waals surface area (Å²) in [5.74, 6) is 0.817. The molecule has 1 aliphatic rings. The van der Waals surface area contributed by atoms with Crippen molar-refractivity contribution in [2.24, 2.45) is 0 Å². The Bertz CT molecular complexity index is 531. The number of aliphatic hydroxyl groups excluding tert-OH is 1. The minimum atomic E-state index is -0.443. The molecule has 2 aromatic rings. The second-order valence-electron chi connectivity index (χ2n) is 5.57. The summed E-state index contributed by atoms with van der Waals surface area (Å²) < 4.78 is 0. The maximum absolute atomic E-state index is 10.1. The highest BCUT2D eigenvalue weighted by Crippen LogP contribution is 2.39. The molecule has 0 spiro atoms. The van der Waals surface area contributed by atoms with Gasteiger partial charge in [0.15, 0.2) is 0 Å². The maximum atomic E-state index is 10.1. The lowest BCUT2D eigenvalue weighted by Crippen LogP contribution is -2.21. The van der Waals surface area contributed by atoms with Crippen molar-refractivity contribution in [2.75, 3.05) is 6.54 Å². The second-order valence-corrected chi connectivity index (χ2v) is 5.57. The van der Waals surface area contributed by atoms with Crippen molar-refractivity contribution in [3.63, 3.8) is 0 Å². The fraction of sp³-hybridized carbons (Fsp3) is 0.333. The number of nitrogens with one attached hydrogen (secondary N) is 1. The van der Waals surface area contributed by atoms with Crippen LogP contribution in [0.3, 0.4) is 0 Å². The minimum absolute atomic E-state index is 0.443. The molecule has 1 saturated carbocycles. The Labute approximate surface area is 120 Å². The summed E-state index contributed by atoms with van der Waals surface area (Å²) >= 11 is 0. The third kappa shape index (κ3) is 3.47. The quantitative estimate of drug-likeness (QED) is 0.841. The van der Waals surface area contributed by atoms with Gasteiger partial charge in [-0.25, -0.2) is 0 Å². The van der Waals surface area contributed by atoms with Crippen LogP contribution in [0.4, 0.5) is 0 Å². The van der Waals surface area contributed by atoms with Crippen molar-refractivity contribution in [1.82, 2.24) is 5.32 Å². The summed E-state index contributed by atoms with van der Waals surface area (Å²) in [5, 5.41) is 13.4. The monoisotopic (exact) mass is 267 g/mol. The Kier molecular flexibility index (Phi) is 4.14. The smallest absolute Gasteiger partial charge is 0.0914 e. The van der Waals surface area contributed by atoms with Crippen molar-refractivity contribution in [1.29, 1.82) is 0 Å². The minimum Gasteiger partial charge on any atom is -0.387 e. The Hall–Kier alpha value is -1.64. The molecule has 1 unspecified atom stereocenters. The van der Waals surface area contributed by atoms with Crippen molar-refractivity contribution < 1.29 is 5.11 Å². The average molecular weight is 267 g/mol. The summed E-state index contributed by atoms with van der Waals surface area (Å²) in [6.45, 7) is 1.38. The fourth-order valence-corrected chi connectivity index (χ4v) is 2.47. The van der Waals surface area contributed by atoms with Gasteiger partial charge >= 0.3 is 0 Å². The van der Waals surface area contributed by atoms with Crippen LogP contribution in [0.5, 0.6) is 0 Å². The Morgan fingerprint density at radius 2 is 1.70 bits per heavy atom. The van der Waals surface area contributed by atoms with Gasteiger partial charge in [-0.15, -0.1) is 0 Å². The Morgan fingerprint density at radius 3 is 2.35 bits per heavy atom. The van der Waals surface area contributed by atoms with Gasteiger partial charge in [-0.05, 0) is 35.4 Å². The highest BCUT2D eigenvalue weighted by atomic mass is 16.3.